The number of imide groups is 1. The van der Waals surface area contributed by atoms with E-state index >= 15 is 0 Å². The van der Waals surface area contributed by atoms with Crippen molar-refractivity contribution < 1.29 is 14.4 Å². The standard InChI is InChI=1S/C8H11NO2.C7H10O.C2H6/c1-4-9-7(10)5(2)6(3)8(9)11;1-6-4-2-3-5-7(6)8;1-2/h4H2,1-3H3;3,5-6H,2,4H2,1H3;1-2H3. The Kier molecular flexibility index (Phi) is 8.51. The van der Waals surface area contributed by atoms with E-state index in [0.29, 0.717) is 17.7 Å². The molecule has 118 valence electrons. The number of nitrogens with zero attached hydrogens (tertiary/aromatic N) is 1. The number of hydrogen-bond acceptors (Lipinski definition) is 3. The van der Waals surface area contributed by atoms with Crippen LogP contribution < -0.4 is 0 Å². The van der Waals surface area contributed by atoms with Gasteiger partial charge in [0.15, 0.2) is 5.78 Å². The highest BCUT2D eigenvalue weighted by Crippen LogP contribution is 2.18. The van der Waals surface area contributed by atoms with Gasteiger partial charge in [0.05, 0.1) is 0 Å². The zero-order valence-corrected chi connectivity index (χ0v) is 14.0. The third-order valence-electron chi connectivity index (χ3n) is 3.54. The fourth-order valence-electron chi connectivity index (χ4n) is 1.96. The molecule has 2 rings (SSSR count). The van der Waals surface area contributed by atoms with Gasteiger partial charge in [-0.1, -0.05) is 26.8 Å². The maximum atomic E-state index is 11.2. The molecule has 0 aromatic heterocycles. The van der Waals surface area contributed by atoms with E-state index in [-0.39, 0.29) is 23.5 Å². The quantitative estimate of drug-likeness (QED) is 0.697. The maximum absolute atomic E-state index is 11.2. The number of amides is 2. The molecule has 0 aromatic carbocycles. The molecule has 0 saturated carbocycles. The number of ketones is 1. The van der Waals surface area contributed by atoms with Crippen molar-refractivity contribution in [3.05, 3.63) is 23.3 Å². The van der Waals surface area contributed by atoms with Crippen molar-refractivity contribution >= 4 is 17.6 Å². The molecule has 21 heavy (non-hydrogen) atoms. The highest BCUT2D eigenvalue weighted by atomic mass is 16.2. The lowest BCUT2D eigenvalue weighted by molar-refractivity contribution is -0.137. The number of likely N-dealkylation sites (N-methyl/N-ethyl adjacent to an activating group) is 1. The second-order valence-corrected chi connectivity index (χ2v) is 4.89. The average molecular weight is 293 g/mol. The molecule has 2 aliphatic rings. The number of carbonyl (C=O) groups is 3. The zero-order chi connectivity index (χ0) is 16.6. The molecule has 0 spiro atoms. The van der Waals surface area contributed by atoms with Crippen molar-refractivity contribution in [2.75, 3.05) is 6.54 Å². The van der Waals surface area contributed by atoms with E-state index in [0.717, 1.165) is 12.8 Å². The molecule has 4 nitrogen and oxygen atoms in total. The Morgan fingerprint density at radius 2 is 1.57 bits per heavy atom. The van der Waals surface area contributed by atoms with Crippen LogP contribution in [0.2, 0.25) is 0 Å². The summed E-state index contributed by atoms with van der Waals surface area (Å²) in [5.41, 5.74) is 1.16. The summed E-state index contributed by atoms with van der Waals surface area (Å²) in [4.78, 5) is 34.4. The highest BCUT2D eigenvalue weighted by molar-refractivity contribution is 6.18. The molecule has 1 atom stereocenters. The molecule has 0 aromatic rings. The summed E-state index contributed by atoms with van der Waals surface area (Å²) in [6, 6.07) is 0. The summed E-state index contributed by atoms with van der Waals surface area (Å²) in [6.45, 7) is 11.6. The molecule has 0 radical (unpaired) electrons. The Morgan fingerprint density at radius 1 is 1.10 bits per heavy atom. The van der Waals surface area contributed by atoms with E-state index in [2.05, 4.69) is 0 Å². The Labute approximate surface area is 127 Å². The fourth-order valence-corrected chi connectivity index (χ4v) is 1.96. The molecule has 1 heterocycles. The predicted octanol–water partition coefficient (Wildman–Crippen LogP) is 3.28. The molecule has 1 aliphatic carbocycles. The SMILES string of the molecule is CC.CC1CCC=CC1=O.CCN1C(=O)C(C)=C(C)C1=O. The molecular formula is C17H27NO3. The second-order valence-electron chi connectivity index (χ2n) is 4.89. The van der Waals surface area contributed by atoms with Crippen LogP contribution in [0, 0.1) is 5.92 Å². The molecule has 0 fully saturated rings. The third-order valence-corrected chi connectivity index (χ3v) is 3.54. The van der Waals surface area contributed by atoms with Crippen LogP contribution in [0.15, 0.2) is 23.3 Å². The van der Waals surface area contributed by atoms with Gasteiger partial charge in [0.25, 0.3) is 11.8 Å². The molecule has 0 bridgehead atoms. The molecule has 1 aliphatic heterocycles. The monoisotopic (exact) mass is 293 g/mol. The van der Waals surface area contributed by atoms with Crippen molar-refractivity contribution in [2.24, 2.45) is 5.92 Å². The summed E-state index contributed by atoms with van der Waals surface area (Å²) >= 11 is 0. The normalized spacial score (nSPS) is 21.0. The molecule has 4 heteroatoms. The van der Waals surface area contributed by atoms with Gasteiger partial charge in [-0.25, -0.2) is 0 Å². The van der Waals surface area contributed by atoms with Gasteiger partial charge in [-0.05, 0) is 39.7 Å². The summed E-state index contributed by atoms with van der Waals surface area (Å²) < 4.78 is 0. The molecular weight excluding hydrogens is 266 g/mol. The molecule has 0 saturated heterocycles. The number of hydrogen-bond donors (Lipinski definition) is 0. The van der Waals surface area contributed by atoms with Crippen LogP contribution in [0.5, 0.6) is 0 Å². The van der Waals surface area contributed by atoms with E-state index in [1.165, 1.54) is 4.90 Å². The second kappa shape index (κ2) is 9.27. The van der Waals surface area contributed by atoms with Gasteiger partial charge in [-0.3, -0.25) is 19.3 Å². The van der Waals surface area contributed by atoms with Crippen LogP contribution >= 0.6 is 0 Å². The maximum Gasteiger partial charge on any atom is 0.256 e. The van der Waals surface area contributed by atoms with Crippen LogP contribution in [0.1, 0.15) is 54.4 Å². The lowest BCUT2D eigenvalue weighted by atomic mass is 9.95. The first kappa shape index (κ1) is 19.3. The number of allylic oxidation sites excluding steroid dienone is 2. The van der Waals surface area contributed by atoms with E-state index in [4.69, 9.17) is 0 Å². The van der Waals surface area contributed by atoms with E-state index in [9.17, 15) is 14.4 Å². The van der Waals surface area contributed by atoms with Gasteiger partial charge < -0.3 is 0 Å². The van der Waals surface area contributed by atoms with Crippen molar-refractivity contribution in [2.45, 2.75) is 54.4 Å². The van der Waals surface area contributed by atoms with Crippen LogP contribution in [-0.2, 0) is 14.4 Å². The minimum absolute atomic E-state index is 0.144. The van der Waals surface area contributed by atoms with Crippen molar-refractivity contribution in [3.63, 3.8) is 0 Å². The number of rotatable bonds is 1. The van der Waals surface area contributed by atoms with E-state index < -0.39 is 0 Å². The van der Waals surface area contributed by atoms with Gasteiger partial charge in [0.2, 0.25) is 0 Å². The van der Waals surface area contributed by atoms with Crippen molar-refractivity contribution in [1.29, 1.82) is 0 Å². The summed E-state index contributed by atoms with van der Waals surface area (Å²) in [7, 11) is 0. The van der Waals surface area contributed by atoms with Gasteiger partial charge in [0, 0.05) is 23.6 Å². The minimum atomic E-state index is -0.144. The lowest BCUT2D eigenvalue weighted by Gasteiger charge is -2.10. The number of carbonyl (C=O) groups excluding carboxylic acids is 3. The van der Waals surface area contributed by atoms with Crippen LogP contribution in [-0.4, -0.2) is 29.0 Å². The Bertz CT molecular complexity index is 437. The minimum Gasteiger partial charge on any atom is -0.295 e. The highest BCUT2D eigenvalue weighted by Gasteiger charge is 2.31. The van der Waals surface area contributed by atoms with Crippen molar-refractivity contribution in [3.8, 4) is 0 Å². The van der Waals surface area contributed by atoms with Gasteiger partial charge >= 0.3 is 0 Å². The van der Waals surface area contributed by atoms with Gasteiger partial charge in [-0.2, -0.15) is 0 Å². The smallest absolute Gasteiger partial charge is 0.256 e. The summed E-state index contributed by atoms with van der Waals surface area (Å²) in [5, 5.41) is 0. The molecule has 2 amide bonds. The Morgan fingerprint density at radius 3 is 1.81 bits per heavy atom. The molecule has 0 N–H and O–H groups in total. The van der Waals surface area contributed by atoms with Gasteiger partial charge in [0.1, 0.15) is 0 Å². The van der Waals surface area contributed by atoms with Gasteiger partial charge in [-0.15, -0.1) is 0 Å². The Balaban J connectivity index is 0.000000354. The fraction of sp³-hybridized carbons (Fsp3) is 0.588. The zero-order valence-electron chi connectivity index (χ0n) is 14.0. The summed E-state index contributed by atoms with van der Waals surface area (Å²) in [5.74, 6) is 0.279. The third kappa shape index (κ3) is 4.96. The van der Waals surface area contributed by atoms with Crippen LogP contribution in [0.4, 0.5) is 0 Å². The topological polar surface area (TPSA) is 54.5 Å². The lowest BCUT2D eigenvalue weighted by Crippen LogP contribution is -2.30. The van der Waals surface area contributed by atoms with Crippen molar-refractivity contribution in [1.82, 2.24) is 4.90 Å². The Hall–Kier alpha value is -1.71. The predicted molar refractivity (Wildman–Crippen MR) is 84.7 cm³/mol. The first-order chi connectivity index (χ1) is 9.90. The average Bonchev–Trinajstić information content (AvgIpc) is 2.69. The molecule has 1 unspecified atom stereocenters. The van der Waals surface area contributed by atoms with E-state index in [1.807, 2.05) is 26.8 Å². The van der Waals surface area contributed by atoms with E-state index in [1.54, 1.807) is 26.8 Å². The largest absolute Gasteiger partial charge is 0.295 e. The first-order valence-corrected chi connectivity index (χ1v) is 7.64. The summed E-state index contributed by atoms with van der Waals surface area (Å²) in [6.07, 6.45) is 5.75. The van der Waals surface area contributed by atoms with Crippen LogP contribution in [0.3, 0.4) is 0 Å². The first-order valence-electron chi connectivity index (χ1n) is 7.64. The van der Waals surface area contributed by atoms with Crippen LogP contribution in [0.25, 0.3) is 0 Å².